The molecule has 2 heteroatoms. The Morgan fingerprint density at radius 2 is 2.07 bits per heavy atom. The second-order valence-corrected chi connectivity index (χ2v) is 3.77. The average Bonchev–Trinajstić information content (AvgIpc) is 2.27. The Morgan fingerprint density at radius 1 is 1.20 bits per heavy atom. The van der Waals surface area contributed by atoms with E-state index in [0.717, 1.165) is 24.3 Å². The number of hydrogen-bond acceptors (Lipinski definition) is 2. The number of para-hydroxylation sites is 1. The maximum absolute atomic E-state index is 4.60. The predicted octanol–water partition coefficient (Wildman–Crippen LogP) is 3.37. The number of nitrogens with zero attached hydrogens (tertiary/aromatic N) is 1. The summed E-state index contributed by atoms with van der Waals surface area (Å²) in [4.78, 5) is 4.60. The highest BCUT2D eigenvalue weighted by molar-refractivity contribution is 5.83. The molecule has 2 rings (SSSR count). The fraction of sp³-hybridized carbons (Fsp3) is 0.308. The molecule has 0 aliphatic carbocycles. The molecule has 0 aliphatic heterocycles. The van der Waals surface area contributed by atoms with E-state index < -0.39 is 0 Å². The minimum absolute atomic E-state index is 0.971. The molecule has 0 unspecified atom stereocenters. The van der Waals surface area contributed by atoms with Crippen molar-refractivity contribution in [2.45, 2.75) is 20.3 Å². The van der Waals surface area contributed by atoms with Crippen LogP contribution in [0, 0.1) is 6.92 Å². The first-order chi connectivity index (χ1) is 7.31. The van der Waals surface area contributed by atoms with Gasteiger partial charge in [0.1, 0.15) is 5.82 Å². The van der Waals surface area contributed by atoms with Gasteiger partial charge in [0.25, 0.3) is 0 Å². The Hall–Kier alpha value is -1.57. The molecule has 78 valence electrons. The van der Waals surface area contributed by atoms with Gasteiger partial charge in [0.05, 0.1) is 5.52 Å². The molecule has 1 N–H and O–H groups in total. The third kappa shape index (κ3) is 2.09. The first kappa shape index (κ1) is 9.97. The van der Waals surface area contributed by atoms with Gasteiger partial charge in [0.15, 0.2) is 0 Å². The third-order valence-electron chi connectivity index (χ3n) is 2.48. The van der Waals surface area contributed by atoms with Gasteiger partial charge in [-0.05, 0) is 31.0 Å². The Morgan fingerprint density at radius 3 is 2.87 bits per heavy atom. The topological polar surface area (TPSA) is 24.9 Å². The van der Waals surface area contributed by atoms with Crippen molar-refractivity contribution in [2.75, 3.05) is 11.9 Å². The molecular weight excluding hydrogens is 184 g/mol. The van der Waals surface area contributed by atoms with Crippen molar-refractivity contribution in [3.05, 3.63) is 35.9 Å². The number of aryl methyl sites for hydroxylation is 1. The van der Waals surface area contributed by atoms with Crippen LogP contribution < -0.4 is 5.32 Å². The highest BCUT2D eigenvalue weighted by atomic mass is 15.0. The summed E-state index contributed by atoms with van der Waals surface area (Å²) in [5, 5.41) is 4.51. The van der Waals surface area contributed by atoms with E-state index in [-0.39, 0.29) is 0 Å². The molecule has 0 amide bonds. The number of aromatic nitrogens is 1. The largest absolute Gasteiger partial charge is 0.370 e. The summed E-state index contributed by atoms with van der Waals surface area (Å²) in [6, 6.07) is 10.4. The Balaban J connectivity index is 2.41. The van der Waals surface area contributed by atoms with Crippen LogP contribution in [0.5, 0.6) is 0 Å². The summed E-state index contributed by atoms with van der Waals surface area (Å²) >= 11 is 0. The van der Waals surface area contributed by atoms with Gasteiger partial charge in [-0.25, -0.2) is 4.98 Å². The minimum Gasteiger partial charge on any atom is -0.370 e. The van der Waals surface area contributed by atoms with E-state index >= 15 is 0 Å². The summed E-state index contributed by atoms with van der Waals surface area (Å²) < 4.78 is 0. The number of anilines is 1. The van der Waals surface area contributed by atoms with Gasteiger partial charge in [-0.3, -0.25) is 0 Å². The van der Waals surface area contributed by atoms with Crippen molar-refractivity contribution < 1.29 is 0 Å². The first-order valence-electron chi connectivity index (χ1n) is 5.41. The third-order valence-corrected chi connectivity index (χ3v) is 2.48. The lowest BCUT2D eigenvalue weighted by molar-refractivity contribution is 0.971. The summed E-state index contributed by atoms with van der Waals surface area (Å²) in [7, 11) is 0. The molecule has 2 aromatic rings. The molecular formula is C13H16N2. The van der Waals surface area contributed by atoms with Gasteiger partial charge >= 0.3 is 0 Å². The van der Waals surface area contributed by atoms with Gasteiger partial charge < -0.3 is 5.32 Å². The second kappa shape index (κ2) is 4.30. The van der Waals surface area contributed by atoms with Crippen molar-refractivity contribution in [2.24, 2.45) is 0 Å². The van der Waals surface area contributed by atoms with Gasteiger partial charge in [-0.1, -0.05) is 25.1 Å². The molecule has 0 radical (unpaired) electrons. The van der Waals surface area contributed by atoms with E-state index in [0.29, 0.717) is 0 Å². The summed E-state index contributed by atoms with van der Waals surface area (Å²) in [6.45, 7) is 5.22. The second-order valence-electron chi connectivity index (χ2n) is 3.77. The number of hydrogen-bond donors (Lipinski definition) is 1. The summed E-state index contributed by atoms with van der Waals surface area (Å²) in [5.74, 6) is 0.971. The van der Waals surface area contributed by atoms with Gasteiger partial charge in [-0.2, -0.15) is 0 Å². The lowest BCUT2D eigenvalue weighted by Gasteiger charge is -2.06. The smallest absolute Gasteiger partial charge is 0.126 e. The molecule has 1 aromatic carbocycles. The fourth-order valence-electron chi connectivity index (χ4n) is 1.65. The van der Waals surface area contributed by atoms with Crippen molar-refractivity contribution in [3.63, 3.8) is 0 Å². The Bertz CT molecular complexity index is 463. The van der Waals surface area contributed by atoms with Crippen LogP contribution in [0.2, 0.25) is 0 Å². The normalized spacial score (nSPS) is 10.5. The van der Waals surface area contributed by atoms with E-state index in [2.05, 4.69) is 48.4 Å². The van der Waals surface area contributed by atoms with Crippen LogP contribution in [-0.4, -0.2) is 11.5 Å². The highest BCUT2D eigenvalue weighted by Gasteiger charge is 1.99. The number of pyridine rings is 1. The molecule has 0 fully saturated rings. The quantitative estimate of drug-likeness (QED) is 0.821. The Kier molecular flexibility index (Phi) is 2.86. The zero-order valence-corrected chi connectivity index (χ0v) is 9.25. The van der Waals surface area contributed by atoms with Crippen LogP contribution in [0.4, 0.5) is 5.82 Å². The van der Waals surface area contributed by atoms with Crippen LogP contribution in [0.15, 0.2) is 30.3 Å². The average molecular weight is 200 g/mol. The molecule has 1 aromatic heterocycles. The monoisotopic (exact) mass is 200 g/mol. The molecule has 1 heterocycles. The molecule has 0 atom stereocenters. The van der Waals surface area contributed by atoms with Crippen LogP contribution in [0.1, 0.15) is 18.9 Å². The van der Waals surface area contributed by atoms with E-state index in [1.54, 1.807) is 0 Å². The SMILES string of the molecule is CCCNc1ccc2cccc(C)c2n1. The van der Waals surface area contributed by atoms with Crippen molar-refractivity contribution in [1.29, 1.82) is 0 Å². The van der Waals surface area contributed by atoms with Gasteiger partial charge in [-0.15, -0.1) is 0 Å². The van der Waals surface area contributed by atoms with Crippen molar-refractivity contribution in [3.8, 4) is 0 Å². The first-order valence-corrected chi connectivity index (χ1v) is 5.41. The van der Waals surface area contributed by atoms with E-state index in [9.17, 15) is 0 Å². The predicted molar refractivity (Wildman–Crippen MR) is 65.3 cm³/mol. The standard InChI is InChI=1S/C13H16N2/c1-3-9-14-12-8-7-11-6-4-5-10(2)13(11)15-12/h4-8H,3,9H2,1-2H3,(H,14,15). The lowest BCUT2D eigenvalue weighted by atomic mass is 10.1. The number of nitrogens with one attached hydrogen (secondary N) is 1. The van der Waals surface area contributed by atoms with E-state index in [1.165, 1.54) is 10.9 Å². The Labute approximate surface area is 90.3 Å². The zero-order valence-electron chi connectivity index (χ0n) is 9.25. The van der Waals surface area contributed by atoms with Crippen molar-refractivity contribution >= 4 is 16.7 Å². The van der Waals surface area contributed by atoms with Crippen LogP contribution in [0.3, 0.4) is 0 Å². The molecule has 0 saturated heterocycles. The maximum Gasteiger partial charge on any atom is 0.126 e. The number of rotatable bonds is 3. The molecule has 0 saturated carbocycles. The van der Waals surface area contributed by atoms with Crippen LogP contribution in [-0.2, 0) is 0 Å². The van der Waals surface area contributed by atoms with Gasteiger partial charge in [0.2, 0.25) is 0 Å². The molecule has 15 heavy (non-hydrogen) atoms. The van der Waals surface area contributed by atoms with Crippen molar-refractivity contribution in [1.82, 2.24) is 4.98 Å². The number of fused-ring (bicyclic) bond motifs is 1. The highest BCUT2D eigenvalue weighted by Crippen LogP contribution is 2.18. The van der Waals surface area contributed by atoms with E-state index in [4.69, 9.17) is 0 Å². The molecule has 0 spiro atoms. The summed E-state index contributed by atoms with van der Waals surface area (Å²) in [5.41, 5.74) is 2.33. The summed E-state index contributed by atoms with van der Waals surface area (Å²) in [6.07, 6.45) is 1.12. The minimum atomic E-state index is 0.971. The zero-order chi connectivity index (χ0) is 10.7. The number of benzene rings is 1. The van der Waals surface area contributed by atoms with E-state index in [1.807, 2.05) is 6.07 Å². The molecule has 0 aliphatic rings. The lowest BCUT2D eigenvalue weighted by Crippen LogP contribution is -2.01. The fourth-order valence-corrected chi connectivity index (χ4v) is 1.65. The maximum atomic E-state index is 4.60. The molecule has 2 nitrogen and oxygen atoms in total. The molecule has 0 bridgehead atoms. The van der Waals surface area contributed by atoms with Gasteiger partial charge in [0, 0.05) is 11.9 Å². The van der Waals surface area contributed by atoms with Crippen LogP contribution >= 0.6 is 0 Å². The van der Waals surface area contributed by atoms with Crippen LogP contribution in [0.25, 0.3) is 10.9 Å².